The predicted octanol–water partition coefficient (Wildman–Crippen LogP) is 3.28. The summed E-state index contributed by atoms with van der Waals surface area (Å²) in [5, 5.41) is 0. The smallest absolute Gasteiger partial charge is 0.179 e. The zero-order chi connectivity index (χ0) is 11.5. The van der Waals surface area contributed by atoms with Crippen LogP contribution in [0.1, 0.15) is 19.8 Å². The minimum Gasteiger partial charge on any atom is -0.347 e. The fourth-order valence-corrected chi connectivity index (χ4v) is 3.49. The molecule has 0 spiro atoms. The Morgan fingerprint density at radius 1 is 1.20 bits per heavy atom. The lowest BCUT2D eigenvalue weighted by Gasteiger charge is -2.31. The molecule has 1 unspecified atom stereocenters. The first-order valence-electron chi connectivity index (χ1n) is 5.78. The highest BCUT2D eigenvalue weighted by atomic mass is 35.5. The molecule has 0 bridgehead atoms. The third kappa shape index (κ3) is 4.07. The summed E-state index contributed by atoms with van der Waals surface area (Å²) in [6, 6.07) is 0. The maximum atomic E-state index is 6.40. The van der Waals surface area contributed by atoms with Gasteiger partial charge in [-0.2, -0.15) is 0 Å². The number of halogens is 1. The SMILES string of the molecule is CCCCN1C=CN(C[Si](C)(C)C)C1Cl. The molecule has 0 saturated carbocycles. The molecule has 1 aliphatic heterocycles. The summed E-state index contributed by atoms with van der Waals surface area (Å²) < 4.78 is 0. The number of unbranched alkanes of at least 4 members (excludes halogenated alkanes) is 1. The lowest BCUT2D eigenvalue weighted by Crippen LogP contribution is -2.43. The zero-order valence-corrected chi connectivity index (χ0v) is 12.1. The van der Waals surface area contributed by atoms with Crippen molar-refractivity contribution in [2.75, 3.05) is 12.7 Å². The lowest BCUT2D eigenvalue weighted by atomic mass is 10.3. The average molecular weight is 247 g/mol. The summed E-state index contributed by atoms with van der Waals surface area (Å²) in [6.07, 6.45) is 7.86. The van der Waals surface area contributed by atoms with Gasteiger partial charge in [-0.25, -0.2) is 0 Å². The van der Waals surface area contributed by atoms with Gasteiger partial charge in [0.2, 0.25) is 0 Å². The van der Waals surface area contributed by atoms with Crippen LogP contribution in [0.4, 0.5) is 0 Å². The quantitative estimate of drug-likeness (QED) is 0.417. The molecular weight excluding hydrogens is 224 g/mol. The number of hydrogen-bond acceptors (Lipinski definition) is 2. The van der Waals surface area contributed by atoms with Crippen molar-refractivity contribution in [3.63, 3.8) is 0 Å². The number of rotatable bonds is 5. The monoisotopic (exact) mass is 246 g/mol. The van der Waals surface area contributed by atoms with E-state index in [1.165, 1.54) is 12.8 Å². The molecule has 1 atom stereocenters. The first-order valence-corrected chi connectivity index (χ1v) is 9.92. The Bertz CT molecular complexity index is 225. The maximum Gasteiger partial charge on any atom is 0.179 e. The highest BCUT2D eigenvalue weighted by Gasteiger charge is 2.27. The molecular formula is C11H23ClN2Si. The Kier molecular flexibility index (Phi) is 4.53. The average Bonchev–Trinajstić information content (AvgIpc) is 2.43. The van der Waals surface area contributed by atoms with Crippen LogP contribution in [0.2, 0.25) is 19.6 Å². The van der Waals surface area contributed by atoms with Gasteiger partial charge < -0.3 is 9.80 Å². The van der Waals surface area contributed by atoms with E-state index < -0.39 is 8.07 Å². The van der Waals surface area contributed by atoms with Crippen molar-refractivity contribution in [1.29, 1.82) is 0 Å². The highest BCUT2D eigenvalue weighted by molar-refractivity contribution is 6.76. The van der Waals surface area contributed by atoms with Crippen LogP contribution in [0.25, 0.3) is 0 Å². The van der Waals surface area contributed by atoms with E-state index in [2.05, 4.69) is 48.8 Å². The standard InChI is InChI=1S/C11H23ClN2Si/c1-5-6-7-13-8-9-14(11(13)12)10-15(2,3)4/h8-9,11H,5-7,10H2,1-4H3. The second-order valence-electron chi connectivity index (χ2n) is 5.43. The normalized spacial score (nSPS) is 21.5. The van der Waals surface area contributed by atoms with E-state index in [-0.39, 0.29) is 5.62 Å². The molecule has 0 saturated heterocycles. The van der Waals surface area contributed by atoms with E-state index >= 15 is 0 Å². The van der Waals surface area contributed by atoms with Gasteiger partial charge in [0.05, 0.1) is 8.07 Å². The van der Waals surface area contributed by atoms with Gasteiger partial charge in [-0.05, 0) is 6.42 Å². The lowest BCUT2D eigenvalue weighted by molar-refractivity contribution is 0.242. The predicted molar refractivity (Wildman–Crippen MR) is 70.4 cm³/mol. The molecule has 0 amide bonds. The molecule has 4 heteroatoms. The second kappa shape index (κ2) is 5.26. The van der Waals surface area contributed by atoms with Crippen molar-refractivity contribution in [2.45, 2.75) is 45.0 Å². The van der Waals surface area contributed by atoms with E-state index in [4.69, 9.17) is 11.6 Å². The van der Waals surface area contributed by atoms with Gasteiger partial charge in [0.15, 0.2) is 5.62 Å². The van der Waals surface area contributed by atoms with Crippen molar-refractivity contribution in [2.24, 2.45) is 0 Å². The Labute approximate surface area is 99.9 Å². The summed E-state index contributed by atoms with van der Waals surface area (Å²) in [4.78, 5) is 4.49. The van der Waals surface area contributed by atoms with Gasteiger partial charge >= 0.3 is 0 Å². The largest absolute Gasteiger partial charge is 0.347 e. The van der Waals surface area contributed by atoms with Crippen LogP contribution in [0.15, 0.2) is 12.4 Å². The summed E-state index contributed by atoms with van der Waals surface area (Å²) in [7, 11) is -1.06. The first-order chi connectivity index (χ1) is 6.94. The van der Waals surface area contributed by atoms with Crippen LogP contribution in [-0.4, -0.2) is 36.2 Å². The Morgan fingerprint density at radius 3 is 2.33 bits per heavy atom. The van der Waals surface area contributed by atoms with Crippen LogP contribution in [-0.2, 0) is 0 Å². The van der Waals surface area contributed by atoms with E-state index in [1.54, 1.807) is 0 Å². The molecule has 0 N–H and O–H groups in total. The number of hydrogen-bond donors (Lipinski definition) is 0. The molecule has 15 heavy (non-hydrogen) atoms. The molecule has 2 nitrogen and oxygen atoms in total. The summed E-state index contributed by atoms with van der Waals surface area (Å²) >= 11 is 6.40. The second-order valence-corrected chi connectivity index (χ2v) is 11.3. The van der Waals surface area contributed by atoms with Gasteiger partial charge in [0.25, 0.3) is 0 Å². The van der Waals surface area contributed by atoms with Crippen molar-refractivity contribution < 1.29 is 0 Å². The van der Waals surface area contributed by atoms with Crippen molar-refractivity contribution in [3.8, 4) is 0 Å². The third-order valence-corrected chi connectivity index (χ3v) is 4.24. The highest BCUT2D eigenvalue weighted by Crippen LogP contribution is 2.21. The van der Waals surface area contributed by atoms with Gasteiger partial charge in [-0.3, -0.25) is 0 Å². The molecule has 0 aromatic carbocycles. The minimum absolute atomic E-state index is 0.0447. The Morgan fingerprint density at radius 2 is 1.80 bits per heavy atom. The van der Waals surface area contributed by atoms with Crippen molar-refractivity contribution in [1.82, 2.24) is 9.80 Å². The van der Waals surface area contributed by atoms with Crippen LogP contribution < -0.4 is 0 Å². The van der Waals surface area contributed by atoms with Crippen LogP contribution >= 0.6 is 11.6 Å². The van der Waals surface area contributed by atoms with Gasteiger partial charge in [0, 0.05) is 25.1 Å². The summed E-state index contributed by atoms with van der Waals surface area (Å²) in [6.45, 7) is 10.4. The molecule has 1 heterocycles. The van der Waals surface area contributed by atoms with E-state index in [1.807, 2.05) is 0 Å². The summed E-state index contributed by atoms with van der Waals surface area (Å²) in [5.74, 6) is 0. The Balaban J connectivity index is 2.43. The van der Waals surface area contributed by atoms with E-state index in [0.717, 1.165) is 12.7 Å². The maximum absolute atomic E-state index is 6.40. The van der Waals surface area contributed by atoms with Crippen LogP contribution in [0, 0.1) is 0 Å². The molecule has 88 valence electrons. The minimum atomic E-state index is -1.06. The molecule has 0 aromatic rings. The van der Waals surface area contributed by atoms with Crippen LogP contribution in [0.3, 0.4) is 0 Å². The van der Waals surface area contributed by atoms with Gasteiger partial charge in [-0.1, -0.05) is 44.6 Å². The fourth-order valence-electron chi connectivity index (χ4n) is 1.70. The molecule has 0 aliphatic carbocycles. The number of nitrogens with zero attached hydrogens (tertiary/aromatic N) is 2. The molecule has 0 aromatic heterocycles. The number of alkyl halides is 1. The first kappa shape index (κ1) is 12.9. The van der Waals surface area contributed by atoms with Crippen molar-refractivity contribution in [3.05, 3.63) is 12.4 Å². The Hall–Kier alpha value is -0.153. The zero-order valence-electron chi connectivity index (χ0n) is 10.3. The molecule has 0 fully saturated rings. The van der Waals surface area contributed by atoms with Crippen LogP contribution in [0.5, 0.6) is 0 Å². The third-order valence-electron chi connectivity index (χ3n) is 2.42. The molecule has 1 rings (SSSR count). The molecule has 1 aliphatic rings. The fraction of sp³-hybridized carbons (Fsp3) is 0.818. The van der Waals surface area contributed by atoms with Gasteiger partial charge in [0.1, 0.15) is 0 Å². The summed E-state index contributed by atoms with van der Waals surface area (Å²) in [5.41, 5.74) is 0.0447. The molecule has 0 radical (unpaired) electrons. The van der Waals surface area contributed by atoms with E-state index in [0.29, 0.717) is 0 Å². The topological polar surface area (TPSA) is 6.48 Å². The van der Waals surface area contributed by atoms with E-state index in [9.17, 15) is 0 Å². The van der Waals surface area contributed by atoms with Gasteiger partial charge in [-0.15, -0.1) is 0 Å². The van der Waals surface area contributed by atoms with Crippen molar-refractivity contribution >= 4 is 19.7 Å².